The molecule has 2 rings (SSSR count). The molecule has 2 nitrogen and oxygen atoms in total. The van der Waals surface area contributed by atoms with Crippen LogP contribution in [0.25, 0.3) is 0 Å². The number of hydrogen-bond acceptors (Lipinski definition) is 2. The Hall–Kier alpha value is -1.39. The molecule has 0 radical (unpaired) electrons. The maximum Gasteiger partial charge on any atom is 0.137 e. The highest BCUT2D eigenvalue weighted by Crippen LogP contribution is 2.27. The second-order valence-corrected chi connectivity index (χ2v) is 5.65. The lowest BCUT2D eigenvalue weighted by Gasteiger charge is -2.14. The normalized spacial score (nSPS) is 12.2. The van der Waals surface area contributed by atoms with E-state index in [0.29, 0.717) is 17.5 Å². The number of benzene rings is 2. The molecule has 0 saturated heterocycles. The largest absolute Gasteiger partial charge is 0.494 e. The van der Waals surface area contributed by atoms with E-state index >= 15 is 0 Å². The Morgan fingerprint density at radius 2 is 2.00 bits per heavy atom. The third kappa shape index (κ3) is 4.29. The van der Waals surface area contributed by atoms with E-state index in [2.05, 4.69) is 15.9 Å². The Bertz CT molecular complexity index is 601. The summed E-state index contributed by atoms with van der Waals surface area (Å²) >= 11 is 3.22. The first kappa shape index (κ1) is 16.0. The Labute approximate surface area is 132 Å². The van der Waals surface area contributed by atoms with Crippen LogP contribution in [0.5, 0.6) is 5.75 Å². The van der Waals surface area contributed by atoms with E-state index in [1.54, 1.807) is 12.1 Å². The van der Waals surface area contributed by atoms with Crippen molar-refractivity contribution >= 4 is 15.9 Å². The fraction of sp³-hybridized carbons (Fsp3) is 0.294. The third-order valence-corrected chi connectivity index (χ3v) is 4.05. The molecule has 112 valence electrons. The highest BCUT2D eigenvalue weighted by atomic mass is 79.9. The molecule has 0 aliphatic rings. The second kappa shape index (κ2) is 7.57. The quantitative estimate of drug-likeness (QED) is 0.819. The van der Waals surface area contributed by atoms with Gasteiger partial charge in [-0.3, -0.25) is 0 Å². The molecule has 0 spiro atoms. The first-order valence-electron chi connectivity index (χ1n) is 6.95. The molecule has 0 amide bonds. The molecule has 2 aromatic rings. The molecule has 0 heterocycles. The van der Waals surface area contributed by atoms with Gasteiger partial charge in [0.1, 0.15) is 11.6 Å². The molecule has 21 heavy (non-hydrogen) atoms. The summed E-state index contributed by atoms with van der Waals surface area (Å²) < 4.78 is 19.5. The van der Waals surface area contributed by atoms with Gasteiger partial charge in [-0.05, 0) is 51.7 Å². The lowest BCUT2D eigenvalue weighted by molar-refractivity contribution is 0.177. The highest BCUT2D eigenvalue weighted by Gasteiger charge is 2.13. The van der Waals surface area contributed by atoms with Gasteiger partial charge in [0, 0.05) is 6.42 Å². The van der Waals surface area contributed by atoms with Crippen LogP contribution in [-0.4, -0.2) is 11.7 Å². The summed E-state index contributed by atoms with van der Waals surface area (Å²) in [5.41, 5.74) is 1.50. The van der Waals surface area contributed by atoms with Crippen molar-refractivity contribution in [1.29, 1.82) is 0 Å². The molecule has 0 fully saturated rings. The van der Waals surface area contributed by atoms with Crippen molar-refractivity contribution < 1.29 is 14.2 Å². The number of ether oxygens (including phenoxy) is 1. The molecule has 1 atom stereocenters. The zero-order valence-electron chi connectivity index (χ0n) is 11.9. The monoisotopic (exact) mass is 352 g/mol. The average molecular weight is 353 g/mol. The van der Waals surface area contributed by atoms with Gasteiger partial charge in [0.15, 0.2) is 0 Å². The smallest absolute Gasteiger partial charge is 0.137 e. The average Bonchev–Trinajstić information content (AvgIpc) is 2.50. The fourth-order valence-corrected chi connectivity index (χ4v) is 2.49. The Morgan fingerprint density at radius 1 is 1.24 bits per heavy atom. The van der Waals surface area contributed by atoms with Gasteiger partial charge in [0.2, 0.25) is 0 Å². The molecule has 0 aromatic heterocycles. The number of halogens is 2. The summed E-state index contributed by atoms with van der Waals surface area (Å²) in [4.78, 5) is 0. The molecule has 4 heteroatoms. The maximum absolute atomic E-state index is 13.5. The molecule has 0 saturated carbocycles. The minimum absolute atomic E-state index is 0.320. The first-order valence-corrected chi connectivity index (χ1v) is 7.74. The van der Waals surface area contributed by atoms with Crippen molar-refractivity contribution in [3.05, 3.63) is 63.9 Å². The van der Waals surface area contributed by atoms with Gasteiger partial charge in [0.25, 0.3) is 0 Å². The summed E-state index contributed by atoms with van der Waals surface area (Å²) in [6.07, 6.45) is 0.576. The van der Waals surface area contributed by atoms with E-state index in [1.807, 2.05) is 31.2 Å². The van der Waals surface area contributed by atoms with E-state index in [1.165, 1.54) is 6.07 Å². The van der Waals surface area contributed by atoms with Crippen LogP contribution in [0.3, 0.4) is 0 Å². The number of hydrogen-bond donors (Lipinski definition) is 1. The number of rotatable bonds is 6. The van der Waals surface area contributed by atoms with Gasteiger partial charge in [-0.15, -0.1) is 0 Å². The molecule has 0 aliphatic heterocycles. The standard InChI is InChI=1S/C17H18BrFO2/c1-2-9-21-14-7-3-5-12(10-14)16(20)11-13-6-4-8-15(19)17(13)18/h3-8,10,16,20H,2,9,11H2,1H3. The van der Waals surface area contributed by atoms with Gasteiger partial charge in [-0.2, -0.15) is 0 Å². The topological polar surface area (TPSA) is 29.5 Å². The number of aliphatic hydroxyl groups excluding tert-OH is 1. The van der Waals surface area contributed by atoms with Crippen molar-refractivity contribution in [2.24, 2.45) is 0 Å². The molecular weight excluding hydrogens is 335 g/mol. The van der Waals surface area contributed by atoms with E-state index in [4.69, 9.17) is 4.74 Å². The van der Waals surface area contributed by atoms with Crippen LogP contribution < -0.4 is 4.74 Å². The SMILES string of the molecule is CCCOc1cccc(C(O)Cc2cccc(F)c2Br)c1. The lowest BCUT2D eigenvalue weighted by Crippen LogP contribution is -2.04. The van der Waals surface area contributed by atoms with Crippen molar-refractivity contribution in [3.63, 3.8) is 0 Å². The van der Waals surface area contributed by atoms with E-state index in [9.17, 15) is 9.50 Å². The van der Waals surface area contributed by atoms with E-state index in [0.717, 1.165) is 23.3 Å². The van der Waals surface area contributed by atoms with Crippen molar-refractivity contribution in [2.75, 3.05) is 6.61 Å². The van der Waals surface area contributed by atoms with Crippen LogP contribution in [0, 0.1) is 5.82 Å². The highest BCUT2D eigenvalue weighted by molar-refractivity contribution is 9.10. The van der Waals surface area contributed by atoms with Gasteiger partial charge in [0.05, 0.1) is 17.2 Å². The van der Waals surface area contributed by atoms with E-state index < -0.39 is 6.10 Å². The summed E-state index contributed by atoms with van der Waals surface area (Å²) in [6, 6.07) is 12.2. The lowest BCUT2D eigenvalue weighted by atomic mass is 10.0. The molecule has 1 N–H and O–H groups in total. The predicted molar refractivity (Wildman–Crippen MR) is 85.0 cm³/mol. The van der Waals surface area contributed by atoms with Crippen LogP contribution in [0.15, 0.2) is 46.9 Å². The zero-order chi connectivity index (χ0) is 15.2. The zero-order valence-corrected chi connectivity index (χ0v) is 13.4. The van der Waals surface area contributed by atoms with Crippen LogP contribution in [-0.2, 0) is 6.42 Å². The molecular formula is C17H18BrFO2. The van der Waals surface area contributed by atoms with E-state index in [-0.39, 0.29) is 5.82 Å². The Balaban J connectivity index is 2.12. The van der Waals surface area contributed by atoms with Crippen molar-refractivity contribution in [2.45, 2.75) is 25.9 Å². The summed E-state index contributed by atoms with van der Waals surface area (Å²) in [5, 5.41) is 10.3. The van der Waals surface area contributed by atoms with Crippen molar-refractivity contribution in [1.82, 2.24) is 0 Å². The van der Waals surface area contributed by atoms with Gasteiger partial charge in [-0.1, -0.05) is 31.2 Å². The first-order chi connectivity index (χ1) is 10.1. The second-order valence-electron chi connectivity index (χ2n) is 4.85. The summed E-state index contributed by atoms with van der Waals surface area (Å²) in [6.45, 7) is 2.69. The minimum Gasteiger partial charge on any atom is -0.494 e. The maximum atomic E-state index is 13.5. The van der Waals surface area contributed by atoms with Crippen LogP contribution in [0.1, 0.15) is 30.6 Å². The predicted octanol–water partition coefficient (Wildman–Crippen LogP) is 4.65. The fourth-order valence-electron chi connectivity index (χ4n) is 2.06. The van der Waals surface area contributed by atoms with Gasteiger partial charge in [-0.25, -0.2) is 4.39 Å². The summed E-state index contributed by atoms with van der Waals surface area (Å²) in [5.74, 6) is 0.423. The van der Waals surface area contributed by atoms with Gasteiger partial charge >= 0.3 is 0 Å². The van der Waals surface area contributed by atoms with Crippen LogP contribution >= 0.6 is 15.9 Å². The molecule has 0 bridgehead atoms. The molecule has 1 unspecified atom stereocenters. The van der Waals surface area contributed by atoms with Crippen molar-refractivity contribution in [3.8, 4) is 5.75 Å². The Morgan fingerprint density at radius 3 is 2.76 bits per heavy atom. The third-order valence-electron chi connectivity index (χ3n) is 3.16. The molecule has 0 aliphatic carbocycles. The summed E-state index contributed by atoms with van der Waals surface area (Å²) in [7, 11) is 0. The van der Waals surface area contributed by atoms with Crippen LogP contribution in [0.2, 0.25) is 0 Å². The number of aliphatic hydroxyl groups is 1. The van der Waals surface area contributed by atoms with Crippen LogP contribution in [0.4, 0.5) is 4.39 Å². The Kier molecular flexibility index (Phi) is 5.76. The molecule has 2 aromatic carbocycles. The van der Waals surface area contributed by atoms with Gasteiger partial charge < -0.3 is 9.84 Å². The minimum atomic E-state index is -0.701.